The summed E-state index contributed by atoms with van der Waals surface area (Å²) in [6.45, 7) is 1.51. The van der Waals surface area contributed by atoms with Crippen LogP contribution < -0.4 is 4.90 Å². The summed E-state index contributed by atoms with van der Waals surface area (Å²) >= 11 is 0. The van der Waals surface area contributed by atoms with Crippen molar-refractivity contribution in [1.29, 1.82) is 0 Å². The number of aromatic amines is 1. The highest BCUT2D eigenvalue weighted by atomic mass is 16.5. The van der Waals surface area contributed by atoms with E-state index in [2.05, 4.69) is 57.4 Å². The highest BCUT2D eigenvalue weighted by molar-refractivity contribution is 5.98. The molecular weight excluding hydrogens is 412 g/mol. The van der Waals surface area contributed by atoms with Gasteiger partial charge in [-0.3, -0.25) is 4.68 Å². The van der Waals surface area contributed by atoms with Crippen molar-refractivity contribution in [3.05, 3.63) is 60.9 Å². The van der Waals surface area contributed by atoms with Gasteiger partial charge in [0, 0.05) is 46.9 Å². The first-order valence-corrected chi connectivity index (χ1v) is 11.5. The number of morpholine rings is 1. The molecule has 2 aliphatic heterocycles. The Bertz CT molecular complexity index is 1490. The maximum Gasteiger partial charge on any atom is 0.162 e. The SMILES string of the molecule is Cn1nccc1-c1ccc2nc(-c3cccc4[nH]ccc34)nc(N3C4CCC3COC4)c2c1. The van der Waals surface area contributed by atoms with Crippen LogP contribution in [0.3, 0.4) is 0 Å². The van der Waals surface area contributed by atoms with E-state index in [4.69, 9.17) is 14.7 Å². The van der Waals surface area contributed by atoms with E-state index >= 15 is 0 Å². The van der Waals surface area contributed by atoms with Gasteiger partial charge in [0.25, 0.3) is 0 Å². The number of ether oxygens (including phenoxy) is 1. The van der Waals surface area contributed by atoms with Crippen molar-refractivity contribution in [3.63, 3.8) is 0 Å². The minimum absolute atomic E-state index is 0.359. The van der Waals surface area contributed by atoms with Gasteiger partial charge in [0.15, 0.2) is 5.82 Å². The van der Waals surface area contributed by atoms with Crippen LogP contribution in [0.25, 0.3) is 44.5 Å². The average molecular weight is 437 g/mol. The van der Waals surface area contributed by atoms with Crippen LogP contribution in [0, 0.1) is 0 Å². The third-order valence-electron chi connectivity index (χ3n) is 7.11. The predicted octanol–water partition coefficient (Wildman–Crippen LogP) is 4.55. The van der Waals surface area contributed by atoms with Crippen molar-refractivity contribution in [2.24, 2.45) is 7.05 Å². The Kier molecular flexibility index (Phi) is 4.08. The molecule has 164 valence electrons. The summed E-state index contributed by atoms with van der Waals surface area (Å²) in [6.07, 6.45) is 6.08. The molecule has 2 saturated heterocycles. The number of fused-ring (bicyclic) bond motifs is 4. The van der Waals surface area contributed by atoms with Crippen LogP contribution in [0.1, 0.15) is 12.8 Å². The number of nitrogens with one attached hydrogen (secondary N) is 1. The number of benzene rings is 2. The lowest BCUT2D eigenvalue weighted by Gasteiger charge is -2.36. The van der Waals surface area contributed by atoms with Crippen molar-refractivity contribution in [1.82, 2.24) is 24.7 Å². The molecule has 2 aromatic carbocycles. The minimum Gasteiger partial charge on any atom is -0.377 e. The Morgan fingerprint density at radius 3 is 2.67 bits per heavy atom. The molecule has 0 amide bonds. The van der Waals surface area contributed by atoms with E-state index in [9.17, 15) is 0 Å². The molecule has 0 spiro atoms. The fraction of sp³-hybridized carbons (Fsp3) is 0.269. The number of hydrogen-bond donors (Lipinski definition) is 1. The Balaban J connectivity index is 1.48. The molecule has 7 nitrogen and oxygen atoms in total. The number of anilines is 1. The first kappa shape index (κ1) is 18.8. The molecule has 2 bridgehead atoms. The molecule has 33 heavy (non-hydrogen) atoms. The van der Waals surface area contributed by atoms with Crippen LogP contribution in [-0.2, 0) is 11.8 Å². The standard InChI is InChI=1S/C26H24N6O/c1-31-24(10-12-28-31)16-5-8-23-21(13-16)26(32-17-6-7-18(32)15-33-14-17)30-25(29-23)20-3-2-4-22-19(20)9-11-27-22/h2-5,8-13,17-18,27H,6-7,14-15H2,1H3. The summed E-state index contributed by atoms with van der Waals surface area (Å²) < 4.78 is 7.78. The van der Waals surface area contributed by atoms with Gasteiger partial charge in [0.05, 0.1) is 36.5 Å². The molecule has 0 radical (unpaired) electrons. The second-order valence-electron chi connectivity index (χ2n) is 9.02. The molecule has 5 heterocycles. The number of aryl methyl sites for hydroxylation is 1. The monoisotopic (exact) mass is 436 g/mol. The molecule has 2 unspecified atom stereocenters. The van der Waals surface area contributed by atoms with Crippen LogP contribution >= 0.6 is 0 Å². The fourth-order valence-electron chi connectivity index (χ4n) is 5.50. The first-order valence-electron chi connectivity index (χ1n) is 11.5. The molecule has 2 fully saturated rings. The van der Waals surface area contributed by atoms with Crippen molar-refractivity contribution in [2.45, 2.75) is 24.9 Å². The minimum atomic E-state index is 0.359. The summed E-state index contributed by atoms with van der Waals surface area (Å²) in [4.78, 5) is 16.1. The van der Waals surface area contributed by atoms with E-state index in [1.807, 2.05) is 30.2 Å². The second kappa shape index (κ2) is 7.15. The Hall–Kier alpha value is -3.71. The number of nitrogens with zero attached hydrogens (tertiary/aromatic N) is 5. The van der Waals surface area contributed by atoms with E-state index in [-0.39, 0.29) is 0 Å². The van der Waals surface area contributed by atoms with Crippen molar-refractivity contribution in [2.75, 3.05) is 18.1 Å². The van der Waals surface area contributed by atoms with Crippen LogP contribution in [0.4, 0.5) is 5.82 Å². The Morgan fingerprint density at radius 1 is 0.970 bits per heavy atom. The lowest BCUT2D eigenvalue weighted by Crippen LogP contribution is -2.46. The number of rotatable bonds is 3. The molecule has 7 heteroatoms. The molecule has 1 N–H and O–H groups in total. The largest absolute Gasteiger partial charge is 0.377 e. The first-order chi connectivity index (χ1) is 16.3. The topological polar surface area (TPSA) is 71.9 Å². The summed E-state index contributed by atoms with van der Waals surface area (Å²) in [5.74, 6) is 1.78. The maximum absolute atomic E-state index is 5.88. The van der Waals surface area contributed by atoms with Gasteiger partial charge in [-0.1, -0.05) is 18.2 Å². The summed E-state index contributed by atoms with van der Waals surface area (Å²) in [5, 5.41) is 6.57. The van der Waals surface area contributed by atoms with Crippen LogP contribution in [0.15, 0.2) is 60.9 Å². The van der Waals surface area contributed by atoms with E-state index in [1.165, 1.54) is 0 Å². The smallest absolute Gasteiger partial charge is 0.162 e. The fourth-order valence-corrected chi connectivity index (χ4v) is 5.50. The summed E-state index contributed by atoms with van der Waals surface area (Å²) in [7, 11) is 1.97. The van der Waals surface area contributed by atoms with Crippen molar-refractivity contribution >= 4 is 27.6 Å². The zero-order chi connectivity index (χ0) is 21.9. The maximum atomic E-state index is 5.88. The molecule has 7 rings (SSSR count). The van der Waals surface area contributed by atoms with Gasteiger partial charge in [0.2, 0.25) is 0 Å². The van der Waals surface area contributed by atoms with Crippen molar-refractivity contribution in [3.8, 4) is 22.6 Å². The molecule has 3 aromatic heterocycles. The average Bonchev–Trinajstić information content (AvgIpc) is 3.55. The number of H-pyrrole nitrogens is 1. The molecular formula is C26H24N6O. The number of hydrogen-bond acceptors (Lipinski definition) is 5. The van der Waals surface area contributed by atoms with Crippen LogP contribution in [0.2, 0.25) is 0 Å². The van der Waals surface area contributed by atoms with Crippen molar-refractivity contribution < 1.29 is 4.74 Å². The quantitative estimate of drug-likeness (QED) is 0.449. The van der Waals surface area contributed by atoms with Gasteiger partial charge < -0.3 is 14.6 Å². The van der Waals surface area contributed by atoms with Gasteiger partial charge >= 0.3 is 0 Å². The van der Waals surface area contributed by atoms with E-state index in [1.54, 1.807) is 0 Å². The lowest BCUT2D eigenvalue weighted by atomic mass is 10.1. The van der Waals surface area contributed by atoms with Gasteiger partial charge in [-0.15, -0.1) is 0 Å². The normalized spacial score (nSPS) is 20.2. The van der Waals surface area contributed by atoms with Crippen LogP contribution in [0.5, 0.6) is 0 Å². The predicted molar refractivity (Wildman–Crippen MR) is 129 cm³/mol. The van der Waals surface area contributed by atoms with Gasteiger partial charge in [-0.2, -0.15) is 5.10 Å². The lowest BCUT2D eigenvalue weighted by molar-refractivity contribution is 0.0904. The molecule has 0 aliphatic carbocycles. The zero-order valence-electron chi connectivity index (χ0n) is 18.4. The van der Waals surface area contributed by atoms with E-state index in [0.29, 0.717) is 12.1 Å². The van der Waals surface area contributed by atoms with Gasteiger partial charge in [-0.05, 0) is 43.2 Å². The van der Waals surface area contributed by atoms with Gasteiger partial charge in [0.1, 0.15) is 5.82 Å². The Labute approximate surface area is 191 Å². The highest BCUT2D eigenvalue weighted by Gasteiger charge is 2.39. The van der Waals surface area contributed by atoms with E-state index < -0.39 is 0 Å². The van der Waals surface area contributed by atoms with Gasteiger partial charge in [-0.25, -0.2) is 9.97 Å². The summed E-state index contributed by atoms with van der Waals surface area (Å²) in [5.41, 5.74) is 5.30. The number of aromatic nitrogens is 5. The highest BCUT2D eigenvalue weighted by Crippen LogP contribution is 2.39. The molecule has 5 aromatic rings. The molecule has 2 atom stereocenters. The molecule has 2 aliphatic rings. The second-order valence-corrected chi connectivity index (χ2v) is 9.02. The molecule has 0 saturated carbocycles. The zero-order valence-corrected chi connectivity index (χ0v) is 18.4. The van der Waals surface area contributed by atoms with Crippen LogP contribution in [-0.4, -0.2) is 50.0 Å². The third kappa shape index (κ3) is 2.89. The summed E-state index contributed by atoms with van der Waals surface area (Å²) in [6, 6.07) is 17.6. The third-order valence-corrected chi connectivity index (χ3v) is 7.11. The Morgan fingerprint density at radius 2 is 1.85 bits per heavy atom. The van der Waals surface area contributed by atoms with E-state index in [0.717, 1.165) is 76.3 Å².